The fraction of sp³-hybridized carbons (Fsp3) is 0.286. The first-order valence-electron chi connectivity index (χ1n) is 3.43. The molecule has 1 heterocycles. The van der Waals surface area contributed by atoms with Crippen molar-refractivity contribution < 1.29 is 14.3 Å². The molecule has 4 nitrogen and oxygen atoms in total. The third-order valence-corrected chi connectivity index (χ3v) is 1.99. The molecule has 0 aliphatic carbocycles. The average Bonchev–Trinajstić information content (AvgIpc) is 2.04. The molecule has 0 radical (unpaired) electrons. The van der Waals surface area contributed by atoms with E-state index in [2.05, 4.69) is 9.97 Å². The van der Waals surface area contributed by atoms with Gasteiger partial charge in [0.05, 0.1) is 0 Å². The van der Waals surface area contributed by atoms with Gasteiger partial charge in [0.1, 0.15) is 0 Å². The summed E-state index contributed by atoms with van der Waals surface area (Å²) in [6.07, 6.45) is 1.46. The molecule has 6 heteroatoms. The minimum Gasteiger partial charge on any atom is -0.478 e. The highest BCUT2D eigenvalue weighted by atomic mass is 32.2. The predicted molar refractivity (Wildman–Crippen MR) is 45.2 cm³/mol. The molecule has 0 saturated carbocycles. The maximum absolute atomic E-state index is 12.6. The van der Waals surface area contributed by atoms with Gasteiger partial charge in [0.25, 0.3) is 0 Å². The molecule has 0 fully saturated rings. The summed E-state index contributed by atoms with van der Waals surface area (Å²) in [5.74, 6) is -1.52. The zero-order valence-electron chi connectivity index (χ0n) is 6.77. The van der Waals surface area contributed by atoms with Crippen molar-refractivity contribution in [2.75, 3.05) is 0 Å². The third kappa shape index (κ3) is 2.98. The number of alkyl halides is 1. The lowest BCUT2D eigenvalue weighted by Gasteiger charge is -2.00. The summed E-state index contributed by atoms with van der Waals surface area (Å²) in [5.41, 5.74) is -1.34. The highest BCUT2D eigenvalue weighted by molar-refractivity contribution is 8.00. The smallest absolute Gasteiger partial charge is 0.349 e. The largest absolute Gasteiger partial charge is 0.478 e. The summed E-state index contributed by atoms with van der Waals surface area (Å²) in [6.45, 7) is 1.72. The second kappa shape index (κ2) is 4.18. The van der Waals surface area contributed by atoms with Crippen LogP contribution in [-0.4, -0.2) is 26.5 Å². The van der Waals surface area contributed by atoms with E-state index < -0.39 is 11.5 Å². The van der Waals surface area contributed by atoms with Gasteiger partial charge in [0.15, 0.2) is 5.16 Å². The second-order valence-electron chi connectivity index (χ2n) is 2.25. The SMILES string of the molecule is Cc1ccnc(SC(F)C(=O)O)n1. The molecule has 0 aliphatic rings. The molecule has 1 N–H and O–H groups in total. The second-order valence-corrected chi connectivity index (χ2v) is 3.27. The molecule has 0 bridgehead atoms. The average molecular weight is 202 g/mol. The molecule has 1 aromatic heterocycles. The number of hydrogen-bond acceptors (Lipinski definition) is 4. The fourth-order valence-electron chi connectivity index (χ4n) is 0.626. The molecular weight excluding hydrogens is 195 g/mol. The number of halogens is 1. The van der Waals surface area contributed by atoms with Gasteiger partial charge in [0, 0.05) is 11.9 Å². The van der Waals surface area contributed by atoms with Crippen LogP contribution in [0.3, 0.4) is 0 Å². The number of carboxylic acid groups (broad SMARTS) is 1. The molecule has 0 aliphatic heterocycles. The maximum atomic E-state index is 12.6. The van der Waals surface area contributed by atoms with Gasteiger partial charge in [-0.1, -0.05) is 0 Å². The number of carboxylic acids is 1. The Kier molecular flexibility index (Phi) is 3.18. The molecule has 0 amide bonds. The van der Waals surface area contributed by atoms with Crippen LogP contribution in [0.2, 0.25) is 0 Å². The van der Waals surface area contributed by atoms with Crippen LogP contribution in [0.25, 0.3) is 0 Å². The van der Waals surface area contributed by atoms with E-state index in [0.717, 1.165) is 0 Å². The fourth-order valence-corrected chi connectivity index (χ4v) is 1.23. The lowest BCUT2D eigenvalue weighted by atomic mass is 10.5. The number of nitrogens with zero attached hydrogens (tertiary/aromatic N) is 2. The third-order valence-electron chi connectivity index (χ3n) is 1.18. The lowest BCUT2D eigenvalue weighted by molar-refractivity contribution is -0.139. The Morgan fingerprint density at radius 3 is 3.00 bits per heavy atom. The number of thioether (sulfide) groups is 1. The molecule has 1 rings (SSSR count). The van der Waals surface area contributed by atoms with E-state index in [4.69, 9.17) is 5.11 Å². The van der Waals surface area contributed by atoms with Crippen molar-refractivity contribution in [2.24, 2.45) is 0 Å². The van der Waals surface area contributed by atoms with Gasteiger partial charge in [-0.2, -0.15) is 0 Å². The molecule has 13 heavy (non-hydrogen) atoms. The zero-order valence-corrected chi connectivity index (χ0v) is 7.58. The summed E-state index contributed by atoms with van der Waals surface area (Å²) in [5, 5.41) is 8.40. The Morgan fingerprint density at radius 1 is 1.77 bits per heavy atom. The van der Waals surface area contributed by atoms with Gasteiger partial charge in [-0.3, -0.25) is 0 Å². The summed E-state index contributed by atoms with van der Waals surface area (Å²) in [7, 11) is 0. The standard InChI is InChI=1S/C7H7FN2O2S/c1-4-2-3-9-7(10-4)13-5(8)6(11)12/h2-3,5H,1H3,(H,11,12). The van der Waals surface area contributed by atoms with Crippen LogP contribution in [-0.2, 0) is 4.79 Å². The number of carbonyl (C=O) groups is 1. The first-order valence-corrected chi connectivity index (χ1v) is 4.31. The van der Waals surface area contributed by atoms with Gasteiger partial charge < -0.3 is 5.11 Å². The maximum Gasteiger partial charge on any atom is 0.349 e. The van der Waals surface area contributed by atoms with Crippen LogP contribution in [0.4, 0.5) is 4.39 Å². The van der Waals surface area contributed by atoms with Gasteiger partial charge in [-0.05, 0) is 24.8 Å². The first-order chi connectivity index (χ1) is 6.09. The van der Waals surface area contributed by atoms with Crippen LogP contribution in [0.15, 0.2) is 17.4 Å². The monoisotopic (exact) mass is 202 g/mol. The topological polar surface area (TPSA) is 63.1 Å². The van der Waals surface area contributed by atoms with Gasteiger partial charge in [-0.15, -0.1) is 0 Å². The molecule has 0 spiro atoms. The Bertz CT molecular complexity index is 321. The van der Waals surface area contributed by atoms with Gasteiger partial charge >= 0.3 is 5.97 Å². The molecule has 0 saturated heterocycles. The summed E-state index contributed by atoms with van der Waals surface area (Å²) < 4.78 is 12.6. The van der Waals surface area contributed by atoms with E-state index in [0.29, 0.717) is 17.5 Å². The van der Waals surface area contributed by atoms with Crippen LogP contribution in [0.1, 0.15) is 5.69 Å². The Balaban J connectivity index is 2.69. The minimum absolute atomic E-state index is 0.134. The Hall–Kier alpha value is -1.17. The quantitative estimate of drug-likeness (QED) is 0.590. The van der Waals surface area contributed by atoms with E-state index in [1.807, 2.05) is 0 Å². The minimum atomic E-state index is -2.01. The van der Waals surface area contributed by atoms with Crippen LogP contribution in [0.5, 0.6) is 0 Å². The van der Waals surface area contributed by atoms with Crippen molar-refractivity contribution in [2.45, 2.75) is 17.6 Å². The van der Waals surface area contributed by atoms with Crippen molar-refractivity contribution in [3.05, 3.63) is 18.0 Å². The van der Waals surface area contributed by atoms with Crippen LogP contribution < -0.4 is 0 Å². The number of aliphatic carboxylic acids is 1. The van der Waals surface area contributed by atoms with Crippen molar-refractivity contribution in [1.82, 2.24) is 9.97 Å². The van der Waals surface area contributed by atoms with E-state index in [-0.39, 0.29) is 5.16 Å². The molecule has 70 valence electrons. The lowest BCUT2D eigenvalue weighted by Crippen LogP contribution is -2.10. The first kappa shape index (κ1) is 9.91. The molecule has 0 aromatic carbocycles. The summed E-state index contributed by atoms with van der Waals surface area (Å²) in [4.78, 5) is 17.7. The Morgan fingerprint density at radius 2 is 2.46 bits per heavy atom. The molecule has 1 unspecified atom stereocenters. The zero-order chi connectivity index (χ0) is 9.84. The number of aryl methyl sites for hydroxylation is 1. The van der Waals surface area contributed by atoms with Crippen LogP contribution in [0, 0.1) is 6.92 Å². The van der Waals surface area contributed by atoms with Crippen LogP contribution >= 0.6 is 11.8 Å². The van der Waals surface area contributed by atoms with Crippen molar-refractivity contribution >= 4 is 17.7 Å². The Labute approximate surface area is 78.2 Å². The summed E-state index contributed by atoms with van der Waals surface area (Å²) >= 11 is 0.477. The van der Waals surface area contributed by atoms with E-state index >= 15 is 0 Å². The highest BCUT2D eigenvalue weighted by Gasteiger charge is 2.18. The van der Waals surface area contributed by atoms with Crippen molar-refractivity contribution in [3.8, 4) is 0 Å². The van der Waals surface area contributed by atoms with Gasteiger partial charge in [-0.25, -0.2) is 19.2 Å². The number of aromatic nitrogens is 2. The number of hydrogen-bond donors (Lipinski definition) is 1. The van der Waals surface area contributed by atoms with E-state index in [1.54, 1.807) is 13.0 Å². The molecular formula is C7H7FN2O2S. The van der Waals surface area contributed by atoms with Crippen molar-refractivity contribution in [1.29, 1.82) is 0 Å². The predicted octanol–water partition coefficient (Wildman–Crippen LogP) is 1.26. The highest BCUT2D eigenvalue weighted by Crippen LogP contribution is 2.20. The molecule has 1 aromatic rings. The van der Waals surface area contributed by atoms with Gasteiger partial charge in [0.2, 0.25) is 5.50 Å². The summed E-state index contributed by atoms with van der Waals surface area (Å²) in [6, 6.07) is 1.65. The molecule has 1 atom stereocenters. The number of rotatable bonds is 3. The van der Waals surface area contributed by atoms with E-state index in [1.165, 1.54) is 6.20 Å². The van der Waals surface area contributed by atoms with Crippen molar-refractivity contribution in [3.63, 3.8) is 0 Å². The van der Waals surface area contributed by atoms with E-state index in [9.17, 15) is 9.18 Å². The normalized spacial score (nSPS) is 12.5.